The van der Waals surface area contributed by atoms with Crippen LogP contribution in [0.25, 0.3) is 10.9 Å². The molecule has 3 rings (SSSR count). The van der Waals surface area contributed by atoms with Crippen LogP contribution in [0.15, 0.2) is 29.1 Å². The van der Waals surface area contributed by atoms with Crippen LogP contribution in [0.5, 0.6) is 0 Å². The van der Waals surface area contributed by atoms with Crippen LogP contribution in [-0.4, -0.2) is 18.1 Å². The molecule has 0 aliphatic heterocycles. The van der Waals surface area contributed by atoms with Gasteiger partial charge in [-0.2, -0.15) is 0 Å². The normalized spacial score (nSPS) is 14.7. The number of rotatable bonds is 2. The fourth-order valence-corrected chi connectivity index (χ4v) is 2.15. The summed E-state index contributed by atoms with van der Waals surface area (Å²) in [6, 6.07) is 7.57. The molecule has 1 aromatic heterocycles. The summed E-state index contributed by atoms with van der Waals surface area (Å²) in [5.41, 5.74) is 1.67. The van der Waals surface area contributed by atoms with Gasteiger partial charge in [0.05, 0.1) is 7.11 Å². The number of aromatic amines is 1. The third kappa shape index (κ3) is 1.79. The van der Waals surface area contributed by atoms with Crippen molar-refractivity contribution in [3.05, 3.63) is 45.7 Å². The van der Waals surface area contributed by atoms with Crippen molar-refractivity contribution in [1.82, 2.24) is 4.98 Å². The van der Waals surface area contributed by atoms with Crippen molar-refractivity contribution in [3.8, 4) is 0 Å². The molecule has 0 saturated heterocycles. The first-order chi connectivity index (χ1) is 8.69. The molecule has 4 nitrogen and oxygen atoms in total. The number of hydrogen-bond donors (Lipinski definition) is 1. The molecule has 0 spiro atoms. The number of ether oxygens (including phenoxy) is 1. The van der Waals surface area contributed by atoms with Gasteiger partial charge in [-0.3, -0.25) is 4.79 Å². The van der Waals surface area contributed by atoms with E-state index in [1.165, 1.54) is 25.5 Å². The molecule has 1 heterocycles. The number of methoxy groups -OCH3 is 1. The van der Waals surface area contributed by atoms with E-state index in [9.17, 15) is 9.59 Å². The smallest absolute Gasteiger partial charge is 0.343 e. The Morgan fingerprint density at radius 3 is 2.78 bits per heavy atom. The van der Waals surface area contributed by atoms with E-state index >= 15 is 0 Å². The predicted octanol–water partition coefficient (Wildman–Crippen LogP) is 2.19. The summed E-state index contributed by atoms with van der Waals surface area (Å²) in [6.07, 6.45) is 2.44. The zero-order valence-electron chi connectivity index (χ0n) is 10.0. The van der Waals surface area contributed by atoms with Crippen LogP contribution >= 0.6 is 0 Å². The first kappa shape index (κ1) is 11.0. The summed E-state index contributed by atoms with van der Waals surface area (Å²) in [7, 11) is 1.27. The van der Waals surface area contributed by atoms with Gasteiger partial charge in [-0.1, -0.05) is 12.1 Å². The van der Waals surface area contributed by atoms with Crippen molar-refractivity contribution in [1.29, 1.82) is 0 Å². The molecule has 0 bridgehead atoms. The molecule has 0 radical (unpaired) electrons. The van der Waals surface area contributed by atoms with Crippen molar-refractivity contribution in [2.24, 2.45) is 0 Å². The maximum atomic E-state index is 11.8. The highest BCUT2D eigenvalue weighted by Crippen LogP contribution is 2.40. The Bertz CT molecular complexity index is 683. The molecule has 1 aromatic carbocycles. The van der Waals surface area contributed by atoms with Crippen LogP contribution in [-0.2, 0) is 4.74 Å². The Hall–Kier alpha value is -2.10. The minimum atomic E-state index is -0.607. The Morgan fingerprint density at radius 2 is 2.11 bits per heavy atom. The highest BCUT2D eigenvalue weighted by Gasteiger charge is 2.23. The van der Waals surface area contributed by atoms with Gasteiger partial charge < -0.3 is 9.72 Å². The van der Waals surface area contributed by atoms with Crippen LogP contribution in [0.4, 0.5) is 0 Å². The van der Waals surface area contributed by atoms with E-state index < -0.39 is 11.5 Å². The van der Waals surface area contributed by atoms with Gasteiger partial charge in [-0.15, -0.1) is 0 Å². The van der Waals surface area contributed by atoms with Gasteiger partial charge in [0.1, 0.15) is 5.56 Å². The van der Waals surface area contributed by atoms with Gasteiger partial charge in [-0.05, 0) is 41.8 Å². The summed E-state index contributed by atoms with van der Waals surface area (Å²) in [5.74, 6) is 0.0302. The van der Waals surface area contributed by atoms with E-state index in [1.54, 1.807) is 6.07 Å². The van der Waals surface area contributed by atoms with Gasteiger partial charge in [0.15, 0.2) is 0 Å². The molecule has 92 valence electrons. The average molecular weight is 243 g/mol. The number of nitrogens with one attached hydrogen (secondary N) is 1. The lowest BCUT2D eigenvalue weighted by atomic mass is 10.1. The minimum Gasteiger partial charge on any atom is -0.465 e. The van der Waals surface area contributed by atoms with Gasteiger partial charge in [0, 0.05) is 5.52 Å². The van der Waals surface area contributed by atoms with Crippen molar-refractivity contribution < 1.29 is 9.53 Å². The van der Waals surface area contributed by atoms with Crippen LogP contribution in [0, 0.1) is 0 Å². The second-order valence-electron chi connectivity index (χ2n) is 4.62. The van der Waals surface area contributed by atoms with Gasteiger partial charge in [0.25, 0.3) is 5.56 Å². The van der Waals surface area contributed by atoms with Crippen molar-refractivity contribution in [3.63, 3.8) is 0 Å². The van der Waals surface area contributed by atoms with Crippen LogP contribution < -0.4 is 5.56 Å². The molecule has 1 aliphatic rings. The lowest BCUT2D eigenvalue weighted by molar-refractivity contribution is 0.0599. The van der Waals surface area contributed by atoms with E-state index in [0.717, 1.165) is 10.9 Å². The summed E-state index contributed by atoms with van der Waals surface area (Å²) < 4.78 is 4.58. The topological polar surface area (TPSA) is 59.2 Å². The molecule has 1 fully saturated rings. The number of esters is 1. The molecule has 2 aromatic rings. The highest BCUT2D eigenvalue weighted by atomic mass is 16.5. The minimum absolute atomic E-state index is 0.0455. The molecule has 1 aliphatic carbocycles. The number of benzene rings is 1. The van der Waals surface area contributed by atoms with Crippen LogP contribution in [0.1, 0.15) is 34.7 Å². The molecule has 0 unspecified atom stereocenters. The summed E-state index contributed by atoms with van der Waals surface area (Å²) in [6.45, 7) is 0. The fraction of sp³-hybridized carbons (Fsp3) is 0.286. The monoisotopic (exact) mass is 243 g/mol. The zero-order chi connectivity index (χ0) is 12.7. The SMILES string of the molecule is COC(=O)c1cc2ccc(C3CC3)cc2[nH]c1=O. The molecular weight excluding hydrogens is 230 g/mol. The van der Waals surface area contributed by atoms with Crippen LogP contribution in [0.2, 0.25) is 0 Å². The number of hydrogen-bond acceptors (Lipinski definition) is 3. The maximum Gasteiger partial charge on any atom is 0.343 e. The summed E-state index contributed by atoms with van der Waals surface area (Å²) in [4.78, 5) is 25.9. The first-order valence-corrected chi connectivity index (χ1v) is 5.94. The van der Waals surface area contributed by atoms with Gasteiger partial charge >= 0.3 is 5.97 Å². The Kier molecular flexibility index (Phi) is 2.44. The van der Waals surface area contributed by atoms with E-state index in [4.69, 9.17) is 0 Å². The Labute approximate surface area is 104 Å². The third-order valence-electron chi connectivity index (χ3n) is 3.32. The second-order valence-corrected chi connectivity index (χ2v) is 4.62. The number of pyridine rings is 1. The predicted molar refractivity (Wildman–Crippen MR) is 67.9 cm³/mol. The number of carbonyl (C=O) groups is 1. The Morgan fingerprint density at radius 1 is 1.33 bits per heavy atom. The average Bonchev–Trinajstić information content (AvgIpc) is 3.20. The Balaban J connectivity index is 2.16. The standard InChI is InChI=1S/C14H13NO3/c1-18-14(17)11-6-10-5-4-9(8-2-3-8)7-12(10)15-13(11)16/h4-8H,2-3H2,1H3,(H,15,16). The second kappa shape index (κ2) is 3.98. The number of H-pyrrole nitrogens is 1. The molecule has 0 atom stereocenters. The maximum absolute atomic E-state index is 11.8. The molecule has 4 heteroatoms. The largest absolute Gasteiger partial charge is 0.465 e. The summed E-state index contributed by atoms with van der Waals surface area (Å²) in [5, 5.41) is 0.847. The van der Waals surface area contributed by atoms with E-state index in [0.29, 0.717) is 5.92 Å². The number of aromatic nitrogens is 1. The van der Waals surface area contributed by atoms with E-state index in [2.05, 4.69) is 15.8 Å². The van der Waals surface area contributed by atoms with Crippen LogP contribution in [0.3, 0.4) is 0 Å². The molecule has 1 saturated carbocycles. The lowest BCUT2D eigenvalue weighted by Crippen LogP contribution is -2.18. The molecule has 0 amide bonds. The van der Waals surface area contributed by atoms with Gasteiger partial charge in [-0.25, -0.2) is 4.79 Å². The van der Waals surface area contributed by atoms with Gasteiger partial charge in [0.2, 0.25) is 0 Å². The van der Waals surface area contributed by atoms with Crippen molar-refractivity contribution in [2.45, 2.75) is 18.8 Å². The van der Waals surface area contributed by atoms with E-state index in [-0.39, 0.29) is 5.56 Å². The molecular formula is C14H13NO3. The summed E-state index contributed by atoms with van der Waals surface area (Å²) >= 11 is 0. The number of carbonyl (C=O) groups excluding carboxylic acids is 1. The number of fused-ring (bicyclic) bond motifs is 1. The van der Waals surface area contributed by atoms with Crippen molar-refractivity contribution in [2.75, 3.05) is 7.11 Å². The van der Waals surface area contributed by atoms with Crippen molar-refractivity contribution >= 4 is 16.9 Å². The van der Waals surface area contributed by atoms with E-state index in [1.807, 2.05) is 12.1 Å². The zero-order valence-corrected chi connectivity index (χ0v) is 10.0. The molecule has 18 heavy (non-hydrogen) atoms. The quantitative estimate of drug-likeness (QED) is 0.822. The lowest BCUT2D eigenvalue weighted by Gasteiger charge is -2.04. The molecule has 1 N–H and O–H groups in total. The highest BCUT2D eigenvalue weighted by molar-refractivity contribution is 5.93. The fourth-order valence-electron chi connectivity index (χ4n) is 2.15. The third-order valence-corrected chi connectivity index (χ3v) is 3.32. The first-order valence-electron chi connectivity index (χ1n) is 5.94.